The first-order valence-electron chi connectivity index (χ1n) is 6.62. The van der Waals surface area contributed by atoms with E-state index < -0.39 is 11.5 Å². The predicted octanol–water partition coefficient (Wildman–Crippen LogP) is 2.63. The van der Waals surface area contributed by atoms with Gasteiger partial charge in [0.1, 0.15) is 5.54 Å². The Labute approximate surface area is 123 Å². The lowest BCUT2D eigenvalue weighted by Crippen LogP contribution is -2.50. The van der Waals surface area contributed by atoms with E-state index in [2.05, 4.69) is 0 Å². The van der Waals surface area contributed by atoms with Gasteiger partial charge in [-0.25, -0.2) is 4.79 Å². The second-order valence-electron chi connectivity index (χ2n) is 5.27. The largest absolute Gasteiger partial charge is 0.480 e. The number of carboxylic acid groups (broad SMARTS) is 1. The average Bonchev–Trinajstić information content (AvgIpc) is 2.82. The number of thioether (sulfide) groups is 1. The molecule has 1 N–H and O–H groups in total. The lowest BCUT2D eigenvalue weighted by Gasteiger charge is -2.31. The number of carboxylic acids is 1. The van der Waals surface area contributed by atoms with Crippen LogP contribution < -0.4 is 0 Å². The zero-order valence-electron chi connectivity index (χ0n) is 11.8. The summed E-state index contributed by atoms with van der Waals surface area (Å²) in [5.74, 6) is -0.268. The van der Waals surface area contributed by atoms with Crippen LogP contribution in [0.2, 0.25) is 0 Å². The number of rotatable bonds is 4. The first-order valence-corrected chi connectivity index (χ1v) is 8.01. The van der Waals surface area contributed by atoms with Gasteiger partial charge >= 0.3 is 5.97 Å². The summed E-state index contributed by atoms with van der Waals surface area (Å²) in [7, 11) is 0. The summed E-state index contributed by atoms with van der Waals surface area (Å²) >= 11 is 1.69. The van der Waals surface area contributed by atoms with E-state index in [1.54, 1.807) is 24.8 Å². The van der Waals surface area contributed by atoms with E-state index in [0.29, 0.717) is 18.5 Å². The van der Waals surface area contributed by atoms with Gasteiger partial charge in [0.25, 0.3) is 5.91 Å². The number of carbonyl (C=O) groups is 2. The molecule has 20 heavy (non-hydrogen) atoms. The Balaban J connectivity index is 2.27. The fourth-order valence-electron chi connectivity index (χ4n) is 2.63. The van der Waals surface area contributed by atoms with Crippen molar-refractivity contribution in [3.63, 3.8) is 0 Å². The van der Waals surface area contributed by atoms with Crippen LogP contribution in [0.4, 0.5) is 0 Å². The normalized spacial score (nSPS) is 22.0. The van der Waals surface area contributed by atoms with Crippen LogP contribution in [-0.2, 0) is 10.5 Å². The average molecular weight is 293 g/mol. The number of likely N-dealkylation sites (tertiary alicyclic amines) is 1. The molecule has 1 fully saturated rings. The van der Waals surface area contributed by atoms with Gasteiger partial charge in [-0.3, -0.25) is 4.79 Å². The van der Waals surface area contributed by atoms with Gasteiger partial charge in [-0.2, -0.15) is 11.8 Å². The van der Waals surface area contributed by atoms with Crippen LogP contribution in [0, 0.1) is 0 Å². The molecule has 1 unspecified atom stereocenters. The molecule has 0 radical (unpaired) electrons. The summed E-state index contributed by atoms with van der Waals surface area (Å²) < 4.78 is 0. The molecule has 1 saturated heterocycles. The van der Waals surface area contributed by atoms with Gasteiger partial charge in [0.2, 0.25) is 0 Å². The van der Waals surface area contributed by atoms with Gasteiger partial charge in [-0.1, -0.05) is 12.1 Å². The maximum Gasteiger partial charge on any atom is 0.329 e. The van der Waals surface area contributed by atoms with Crippen LogP contribution in [0.5, 0.6) is 0 Å². The Kier molecular flexibility index (Phi) is 4.38. The summed E-state index contributed by atoms with van der Waals surface area (Å²) in [5, 5.41) is 9.38. The molecule has 0 spiro atoms. The minimum absolute atomic E-state index is 0.185. The Hall–Kier alpha value is -1.49. The van der Waals surface area contributed by atoms with Crippen molar-refractivity contribution in [2.75, 3.05) is 12.8 Å². The van der Waals surface area contributed by atoms with Crippen molar-refractivity contribution in [1.82, 2.24) is 4.90 Å². The van der Waals surface area contributed by atoms with Gasteiger partial charge in [0.05, 0.1) is 0 Å². The molecule has 0 aliphatic carbocycles. The minimum Gasteiger partial charge on any atom is -0.480 e. The fourth-order valence-corrected chi connectivity index (χ4v) is 3.14. The highest BCUT2D eigenvalue weighted by Gasteiger charge is 2.46. The van der Waals surface area contributed by atoms with Crippen molar-refractivity contribution >= 4 is 23.6 Å². The molecule has 1 aromatic carbocycles. The fraction of sp³-hybridized carbons (Fsp3) is 0.467. The lowest BCUT2D eigenvalue weighted by molar-refractivity contribution is -0.147. The van der Waals surface area contributed by atoms with Crippen molar-refractivity contribution in [2.45, 2.75) is 31.1 Å². The molecular formula is C15H19NO3S. The highest BCUT2D eigenvalue weighted by Crippen LogP contribution is 2.31. The number of aliphatic carboxylic acids is 1. The molecule has 1 heterocycles. The van der Waals surface area contributed by atoms with Crippen molar-refractivity contribution < 1.29 is 14.7 Å². The number of nitrogens with zero attached hydrogens (tertiary/aromatic N) is 1. The number of amides is 1. The molecule has 0 bridgehead atoms. The monoisotopic (exact) mass is 293 g/mol. The maximum atomic E-state index is 12.6. The third-order valence-corrected chi connectivity index (χ3v) is 4.45. The third kappa shape index (κ3) is 2.68. The molecular weight excluding hydrogens is 274 g/mol. The molecule has 1 aliphatic heterocycles. The van der Waals surface area contributed by atoms with Crippen molar-refractivity contribution in [1.29, 1.82) is 0 Å². The second kappa shape index (κ2) is 5.87. The van der Waals surface area contributed by atoms with Crippen molar-refractivity contribution in [3.05, 3.63) is 35.4 Å². The topological polar surface area (TPSA) is 57.6 Å². The first kappa shape index (κ1) is 14.9. The number of benzene rings is 1. The van der Waals surface area contributed by atoms with Crippen LogP contribution >= 0.6 is 11.8 Å². The Morgan fingerprint density at radius 1 is 1.45 bits per heavy atom. The van der Waals surface area contributed by atoms with Crippen LogP contribution in [0.1, 0.15) is 35.7 Å². The van der Waals surface area contributed by atoms with E-state index in [4.69, 9.17) is 0 Å². The predicted molar refractivity (Wildman–Crippen MR) is 80.0 cm³/mol. The van der Waals surface area contributed by atoms with E-state index >= 15 is 0 Å². The molecule has 1 aliphatic rings. The molecule has 1 atom stereocenters. The molecule has 0 aromatic heterocycles. The second-order valence-corrected chi connectivity index (χ2v) is 6.14. The number of hydrogen-bond donors (Lipinski definition) is 1. The van der Waals surface area contributed by atoms with E-state index in [9.17, 15) is 14.7 Å². The Bertz CT molecular complexity index is 532. The van der Waals surface area contributed by atoms with Crippen LogP contribution in [0.3, 0.4) is 0 Å². The molecule has 1 amide bonds. The van der Waals surface area contributed by atoms with E-state index in [-0.39, 0.29) is 5.91 Å². The van der Waals surface area contributed by atoms with Gasteiger partial charge in [0.15, 0.2) is 0 Å². The summed E-state index contributed by atoms with van der Waals surface area (Å²) in [6.45, 7) is 2.14. The zero-order chi connectivity index (χ0) is 14.8. The van der Waals surface area contributed by atoms with Gasteiger partial charge in [0, 0.05) is 17.9 Å². The molecule has 2 rings (SSSR count). The minimum atomic E-state index is -1.08. The van der Waals surface area contributed by atoms with Gasteiger partial charge in [-0.05, 0) is 43.7 Å². The van der Waals surface area contributed by atoms with E-state index in [1.807, 2.05) is 24.5 Å². The first-order chi connectivity index (χ1) is 9.49. The SMILES string of the molecule is CSCc1cccc(C(=O)N2CCCC2(C)C(=O)O)c1. The summed E-state index contributed by atoms with van der Waals surface area (Å²) in [4.78, 5) is 25.5. The summed E-state index contributed by atoms with van der Waals surface area (Å²) in [5.41, 5.74) is 0.581. The summed E-state index contributed by atoms with van der Waals surface area (Å²) in [6, 6.07) is 7.45. The standard InChI is InChI=1S/C15H19NO3S/c1-15(14(18)19)7-4-8-16(15)13(17)12-6-3-5-11(9-12)10-20-2/h3,5-6,9H,4,7-8,10H2,1-2H3,(H,18,19). The summed E-state index contributed by atoms with van der Waals surface area (Å²) in [6.07, 6.45) is 3.26. The highest BCUT2D eigenvalue weighted by atomic mass is 32.2. The quantitative estimate of drug-likeness (QED) is 0.927. The van der Waals surface area contributed by atoms with Crippen LogP contribution in [0.15, 0.2) is 24.3 Å². The van der Waals surface area contributed by atoms with Gasteiger partial charge in [-0.15, -0.1) is 0 Å². The smallest absolute Gasteiger partial charge is 0.329 e. The molecule has 1 aromatic rings. The third-order valence-electron chi connectivity index (χ3n) is 3.83. The Morgan fingerprint density at radius 2 is 2.20 bits per heavy atom. The van der Waals surface area contributed by atoms with Crippen LogP contribution in [0.25, 0.3) is 0 Å². The van der Waals surface area contributed by atoms with Crippen molar-refractivity contribution in [2.24, 2.45) is 0 Å². The maximum absolute atomic E-state index is 12.6. The zero-order valence-corrected chi connectivity index (χ0v) is 12.6. The number of hydrogen-bond acceptors (Lipinski definition) is 3. The molecule has 5 heteroatoms. The van der Waals surface area contributed by atoms with E-state index in [0.717, 1.165) is 17.7 Å². The molecule has 108 valence electrons. The van der Waals surface area contributed by atoms with Gasteiger partial charge < -0.3 is 10.0 Å². The molecule has 4 nitrogen and oxygen atoms in total. The lowest BCUT2D eigenvalue weighted by atomic mass is 9.98. The number of carbonyl (C=O) groups excluding carboxylic acids is 1. The van der Waals surface area contributed by atoms with Crippen LogP contribution in [-0.4, -0.2) is 40.2 Å². The Morgan fingerprint density at radius 3 is 2.85 bits per heavy atom. The highest BCUT2D eigenvalue weighted by molar-refractivity contribution is 7.97. The molecule has 0 saturated carbocycles. The van der Waals surface area contributed by atoms with E-state index in [1.165, 1.54) is 4.90 Å². The van der Waals surface area contributed by atoms with Crippen molar-refractivity contribution in [3.8, 4) is 0 Å².